The van der Waals surface area contributed by atoms with Gasteiger partial charge in [0.05, 0.1) is 23.0 Å². The Bertz CT molecular complexity index is 718. The molecule has 0 radical (unpaired) electrons. The van der Waals surface area contributed by atoms with Gasteiger partial charge in [-0.1, -0.05) is 0 Å². The third-order valence-corrected chi connectivity index (χ3v) is 2.92. The van der Waals surface area contributed by atoms with Gasteiger partial charge in [-0.25, -0.2) is 5.01 Å². The summed E-state index contributed by atoms with van der Waals surface area (Å²) in [6, 6.07) is 14.3. The number of anilines is 2. The zero-order valence-electron chi connectivity index (χ0n) is 11.4. The molecule has 2 rings (SSSR count). The SMILES string of the molecule is N#CCOC(=S)N(Nc1ccncc1)c1ccc(C#N)cc1. The van der Waals surface area contributed by atoms with Gasteiger partial charge in [-0.2, -0.15) is 10.5 Å². The van der Waals surface area contributed by atoms with E-state index >= 15 is 0 Å². The number of thiocarbonyl (C=S) groups is 1. The maximum Gasteiger partial charge on any atom is 0.284 e. The lowest BCUT2D eigenvalue weighted by Crippen LogP contribution is -2.36. The summed E-state index contributed by atoms with van der Waals surface area (Å²) in [6.45, 7) is -0.149. The molecular formula is C15H11N5OS. The average molecular weight is 309 g/mol. The van der Waals surface area contributed by atoms with Crippen LogP contribution in [0.4, 0.5) is 11.4 Å². The molecule has 108 valence electrons. The van der Waals surface area contributed by atoms with Gasteiger partial charge in [-0.3, -0.25) is 10.4 Å². The Labute approximate surface area is 133 Å². The van der Waals surface area contributed by atoms with Gasteiger partial charge in [-0.15, -0.1) is 0 Å². The molecule has 1 heterocycles. The molecule has 0 unspecified atom stereocenters. The predicted molar refractivity (Wildman–Crippen MR) is 85.7 cm³/mol. The molecule has 0 bridgehead atoms. The molecule has 0 aliphatic heterocycles. The lowest BCUT2D eigenvalue weighted by atomic mass is 10.2. The van der Waals surface area contributed by atoms with Crippen LogP contribution in [0.3, 0.4) is 0 Å². The predicted octanol–water partition coefficient (Wildman–Crippen LogP) is 2.61. The minimum Gasteiger partial charge on any atom is -0.454 e. The van der Waals surface area contributed by atoms with Crippen molar-refractivity contribution < 1.29 is 4.74 Å². The van der Waals surface area contributed by atoms with Crippen LogP contribution in [-0.2, 0) is 4.74 Å². The highest BCUT2D eigenvalue weighted by molar-refractivity contribution is 7.80. The van der Waals surface area contributed by atoms with Crippen molar-refractivity contribution in [2.45, 2.75) is 0 Å². The quantitative estimate of drug-likeness (QED) is 0.686. The van der Waals surface area contributed by atoms with E-state index in [1.165, 1.54) is 5.01 Å². The molecule has 22 heavy (non-hydrogen) atoms. The standard InChI is InChI=1S/C15H11N5OS/c16-7-10-21-15(22)20(19-13-5-8-18-9-6-13)14-3-1-12(11-17)2-4-14/h1-6,8-9H,10H2,(H,18,19). The number of pyridine rings is 1. The van der Waals surface area contributed by atoms with Gasteiger partial charge in [-0.05, 0) is 48.6 Å². The van der Waals surface area contributed by atoms with E-state index in [0.717, 1.165) is 5.69 Å². The molecule has 0 atom stereocenters. The van der Waals surface area contributed by atoms with Crippen molar-refractivity contribution in [1.82, 2.24) is 4.98 Å². The summed E-state index contributed by atoms with van der Waals surface area (Å²) in [5.41, 5.74) is 5.05. The molecule has 0 aliphatic carbocycles. The first kappa shape index (κ1) is 15.2. The van der Waals surface area contributed by atoms with Crippen molar-refractivity contribution in [1.29, 1.82) is 10.5 Å². The van der Waals surface area contributed by atoms with Gasteiger partial charge in [0.1, 0.15) is 6.07 Å². The Morgan fingerprint density at radius 2 is 1.86 bits per heavy atom. The summed E-state index contributed by atoms with van der Waals surface area (Å²) >= 11 is 5.19. The Balaban J connectivity index is 2.26. The van der Waals surface area contributed by atoms with E-state index in [4.69, 9.17) is 27.5 Å². The van der Waals surface area contributed by atoms with E-state index in [1.54, 1.807) is 48.8 Å². The smallest absolute Gasteiger partial charge is 0.284 e. The number of hydrogen-bond acceptors (Lipinski definition) is 6. The number of hydrogen-bond donors (Lipinski definition) is 1. The van der Waals surface area contributed by atoms with Crippen LogP contribution in [-0.4, -0.2) is 16.8 Å². The van der Waals surface area contributed by atoms with Crippen LogP contribution in [0.15, 0.2) is 48.8 Å². The zero-order chi connectivity index (χ0) is 15.8. The molecule has 0 aliphatic rings. The van der Waals surface area contributed by atoms with Crippen LogP contribution in [0.1, 0.15) is 5.56 Å². The van der Waals surface area contributed by atoms with Gasteiger partial charge in [0, 0.05) is 12.4 Å². The van der Waals surface area contributed by atoms with Gasteiger partial charge in [0.2, 0.25) is 0 Å². The molecule has 0 amide bonds. The minimum absolute atomic E-state index is 0.100. The van der Waals surface area contributed by atoms with E-state index in [-0.39, 0.29) is 11.8 Å². The van der Waals surface area contributed by atoms with Crippen molar-refractivity contribution in [3.63, 3.8) is 0 Å². The highest BCUT2D eigenvalue weighted by atomic mass is 32.1. The third-order valence-electron chi connectivity index (χ3n) is 2.62. The second-order valence-electron chi connectivity index (χ2n) is 4.05. The van der Waals surface area contributed by atoms with Crippen LogP contribution in [0.25, 0.3) is 0 Å². The van der Waals surface area contributed by atoms with E-state index in [2.05, 4.69) is 16.5 Å². The van der Waals surface area contributed by atoms with Crippen LogP contribution in [0.2, 0.25) is 0 Å². The number of hydrazine groups is 1. The summed E-state index contributed by atoms with van der Waals surface area (Å²) in [7, 11) is 0. The minimum atomic E-state index is -0.149. The van der Waals surface area contributed by atoms with Crippen molar-refractivity contribution in [3.05, 3.63) is 54.4 Å². The lowest BCUT2D eigenvalue weighted by Gasteiger charge is -2.25. The molecule has 0 fully saturated rings. The molecule has 0 saturated carbocycles. The maximum absolute atomic E-state index is 8.85. The first-order chi connectivity index (χ1) is 10.7. The highest BCUT2D eigenvalue weighted by Gasteiger charge is 2.14. The highest BCUT2D eigenvalue weighted by Crippen LogP contribution is 2.18. The van der Waals surface area contributed by atoms with Gasteiger partial charge in [0.25, 0.3) is 5.17 Å². The number of nitrogens with one attached hydrogen (secondary N) is 1. The number of benzene rings is 1. The molecule has 6 nitrogen and oxygen atoms in total. The Hall–Kier alpha value is -3.16. The van der Waals surface area contributed by atoms with E-state index in [9.17, 15) is 0 Å². The summed E-state index contributed by atoms with van der Waals surface area (Å²) < 4.78 is 5.19. The first-order valence-electron chi connectivity index (χ1n) is 6.25. The van der Waals surface area contributed by atoms with Gasteiger partial charge in [0.15, 0.2) is 6.61 Å². The number of nitriles is 2. The summed E-state index contributed by atoms with van der Waals surface area (Å²) in [6.07, 6.45) is 3.27. The molecule has 0 saturated heterocycles. The van der Waals surface area contributed by atoms with Crippen molar-refractivity contribution in [2.75, 3.05) is 17.0 Å². The molecule has 1 aromatic heterocycles. The number of nitrogens with zero attached hydrogens (tertiary/aromatic N) is 4. The van der Waals surface area contributed by atoms with Crippen molar-refractivity contribution >= 4 is 28.8 Å². The van der Waals surface area contributed by atoms with Crippen molar-refractivity contribution in [3.8, 4) is 12.1 Å². The lowest BCUT2D eigenvalue weighted by molar-refractivity contribution is 0.357. The topological polar surface area (TPSA) is 85.0 Å². The van der Waals surface area contributed by atoms with Crippen LogP contribution in [0.5, 0.6) is 0 Å². The third kappa shape index (κ3) is 3.92. The first-order valence-corrected chi connectivity index (χ1v) is 6.66. The fourth-order valence-corrected chi connectivity index (χ4v) is 1.82. The molecule has 1 aromatic carbocycles. The van der Waals surface area contributed by atoms with E-state index in [1.807, 2.05) is 6.07 Å². The van der Waals surface area contributed by atoms with Crippen LogP contribution < -0.4 is 10.4 Å². The zero-order valence-corrected chi connectivity index (χ0v) is 12.2. The monoisotopic (exact) mass is 309 g/mol. The summed E-state index contributed by atoms with van der Waals surface area (Å²) in [5, 5.41) is 19.1. The fourth-order valence-electron chi connectivity index (χ4n) is 1.61. The Morgan fingerprint density at radius 1 is 1.18 bits per heavy atom. The maximum atomic E-state index is 8.85. The Morgan fingerprint density at radius 3 is 2.45 bits per heavy atom. The van der Waals surface area contributed by atoms with E-state index in [0.29, 0.717) is 11.3 Å². The van der Waals surface area contributed by atoms with E-state index < -0.39 is 0 Å². The molecule has 1 N–H and O–H groups in total. The second kappa shape index (κ2) is 7.58. The number of ether oxygens (including phenoxy) is 1. The van der Waals surface area contributed by atoms with Crippen LogP contribution in [0, 0.1) is 22.7 Å². The number of rotatable bonds is 4. The van der Waals surface area contributed by atoms with Crippen LogP contribution >= 0.6 is 12.2 Å². The van der Waals surface area contributed by atoms with Gasteiger partial charge < -0.3 is 4.74 Å². The Kier molecular flexibility index (Phi) is 5.25. The average Bonchev–Trinajstić information content (AvgIpc) is 2.58. The summed E-state index contributed by atoms with van der Waals surface area (Å²) in [5.74, 6) is 0. The van der Waals surface area contributed by atoms with Gasteiger partial charge >= 0.3 is 0 Å². The second-order valence-corrected chi connectivity index (χ2v) is 4.40. The molecular weight excluding hydrogens is 298 g/mol. The fraction of sp³-hybridized carbons (Fsp3) is 0.0667. The summed E-state index contributed by atoms with van der Waals surface area (Å²) in [4.78, 5) is 3.94. The molecule has 7 heteroatoms. The normalized spacial score (nSPS) is 9.18. The molecule has 2 aromatic rings. The molecule has 0 spiro atoms. The van der Waals surface area contributed by atoms with Crippen molar-refractivity contribution in [2.24, 2.45) is 0 Å². The largest absolute Gasteiger partial charge is 0.454 e. The number of aromatic nitrogens is 1.